The third-order valence-corrected chi connectivity index (χ3v) is 7.80. The number of thioether (sulfide) groups is 1. The van der Waals surface area contributed by atoms with E-state index in [0.29, 0.717) is 27.3 Å². The molecular weight excluding hydrogens is 414 g/mol. The van der Waals surface area contributed by atoms with E-state index in [2.05, 4.69) is 42.0 Å². The topological polar surface area (TPSA) is 63.2 Å². The van der Waals surface area contributed by atoms with E-state index in [4.69, 9.17) is 11.6 Å². The first-order valence-corrected chi connectivity index (χ1v) is 11.4. The van der Waals surface area contributed by atoms with E-state index in [1.165, 1.54) is 46.0 Å². The Kier molecular flexibility index (Phi) is 4.85. The van der Waals surface area contributed by atoms with Gasteiger partial charge in [-0.2, -0.15) is 0 Å². The lowest BCUT2D eigenvalue weighted by Crippen LogP contribution is -2.31. The molecule has 0 atom stereocenters. The van der Waals surface area contributed by atoms with Crippen molar-refractivity contribution in [3.05, 3.63) is 64.3 Å². The fourth-order valence-corrected chi connectivity index (χ4v) is 5.31. The van der Waals surface area contributed by atoms with E-state index in [-0.39, 0.29) is 4.90 Å². The van der Waals surface area contributed by atoms with E-state index >= 15 is 0 Å². The van der Waals surface area contributed by atoms with Crippen LogP contribution in [0.3, 0.4) is 0 Å². The molecule has 2 heterocycles. The summed E-state index contributed by atoms with van der Waals surface area (Å²) in [6.45, 7) is 4.17. The Morgan fingerprint density at radius 3 is 2.64 bits per heavy atom. The summed E-state index contributed by atoms with van der Waals surface area (Å²) >= 11 is 7.56. The van der Waals surface area contributed by atoms with Gasteiger partial charge in [-0.1, -0.05) is 41.6 Å². The summed E-state index contributed by atoms with van der Waals surface area (Å²) in [4.78, 5) is 8.97. The van der Waals surface area contributed by atoms with Crippen molar-refractivity contribution in [2.24, 2.45) is 0 Å². The molecule has 144 valence electrons. The highest BCUT2D eigenvalue weighted by molar-refractivity contribution is 7.98. The van der Waals surface area contributed by atoms with Crippen LogP contribution in [0.2, 0.25) is 5.02 Å². The zero-order valence-electron chi connectivity index (χ0n) is 15.6. The summed E-state index contributed by atoms with van der Waals surface area (Å²) in [7, 11) is -2.20. The van der Waals surface area contributed by atoms with Crippen molar-refractivity contribution in [2.75, 3.05) is 11.4 Å². The number of aromatic nitrogens is 2. The molecule has 0 N–H and O–H groups in total. The molecule has 0 aliphatic carbocycles. The third-order valence-electron chi connectivity index (χ3n) is 4.86. The van der Waals surface area contributed by atoms with Gasteiger partial charge in [0.25, 0.3) is 10.0 Å². The van der Waals surface area contributed by atoms with Crippen LogP contribution in [0.4, 0.5) is 5.69 Å². The summed E-state index contributed by atoms with van der Waals surface area (Å²) in [6, 6.07) is 11.5. The second kappa shape index (κ2) is 7.06. The first-order valence-electron chi connectivity index (χ1n) is 8.62. The standard InChI is InChI=1S/C20H18ClN3O2S2/c1-12-4-5-14(8-13(12)2)11-27-20-22-10-18-19(23-20)16-7-6-15(21)9-17(16)24(3)28(18,25)26/h4-10H,11H2,1-3H3. The number of fused-ring (bicyclic) bond motifs is 3. The lowest BCUT2D eigenvalue weighted by molar-refractivity contribution is 0.592. The van der Waals surface area contributed by atoms with Crippen molar-refractivity contribution >= 4 is 39.1 Å². The molecule has 1 aliphatic rings. The van der Waals surface area contributed by atoms with Crippen molar-refractivity contribution < 1.29 is 8.42 Å². The molecule has 1 aliphatic heterocycles. The molecule has 0 radical (unpaired) electrons. The van der Waals surface area contributed by atoms with Gasteiger partial charge in [0.2, 0.25) is 0 Å². The number of rotatable bonds is 3. The molecule has 0 saturated heterocycles. The Labute approximate surface area is 173 Å². The minimum atomic E-state index is -3.70. The molecule has 4 rings (SSSR count). The summed E-state index contributed by atoms with van der Waals surface area (Å²) in [6.07, 6.45) is 1.40. The van der Waals surface area contributed by atoms with Gasteiger partial charge in [0.1, 0.15) is 4.90 Å². The van der Waals surface area contributed by atoms with Gasteiger partial charge in [-0.15, -0.1) is 0 Å². The highest BCUT2D eigenvalue weighted by Gasteiger charge is 2.34. The van der Waals surface area contributed by atoms with Gasteiger partial charge in [-0.05, 0) is 48.7 Å². The molecular formula is C20H18ClN3O2S2. The van der Waals surface area contributed by atoms with Crippen LogP contribution in [-0.2, 0) is 15.8 Å². The van der Waals surface area contributed by atoms with Crippen LogP contribution in [-0.4, -0.2) is 25.4 Å². The Hall–Kier alpha value is -2.09. The smallest absolute Gasteiger partial charge is 0.267 e. The maximum absolute atomic E-state index is 12.8. The lowest BCUT2D eigenvalue weighted by Gasteiger charge is -2.28. The second-order valence-electron chi connectivity index (χ2n) is 6.71. The van der Waals surface area contributed by atoms with Crippen LogP contribution in [0.5, 0.6) is 0 Å². The molecule has 28 heavy (non-hydrogen) atoms. The lowest BCUT2D eigenvalue weighted by atomic mass is 10.1. The molecule has 3 aromatic rings. The molecule has 0 saturated carbocycles. The van der Waals surface area contributed by atoms with Crippen molar-refractivity contribution in [1.29, 1.82) is 0 Å². The number of sulfonamides is 1. The number of hydrogen-bond donors (Lipinski definition) is 0. The Bertz CT molecular complexity index is 1200. The molecule has 0 unspecified atom stereocenters. The number of anilines is 1. The number of aryl methyl sites for hydroxylation is 2. The second-order valence-corrected chi connectivity index (χ2v) is 10.0. The summed E-state index contributed by atoms with van der Waals surface area (Å²) < 4.78 is 26.9. The fraction of sp³-hybridized carbons (Fsp3) is 0.200. The molecule has 8 heteroatoms. The average molecular weight is 432 g/mol. The number of hydrogen-bond acceptors (Lipinski definition) is 5. The Morgan fingerprint density at radius 1 is 1.11 bits per heavy atom. The predicted octanol–water partition coefficient (Wildman–Crippen LogP) is 4.84. The largest absolute Gasteiger partial charge is 0.269 e. The third kappa shape index (κ3) is 3.27. The normalized spacial score (nSPS) is 14.5. The molecule has 0 spiro atoms. The highest BCUT2D eigenvalue weighted by Crippen LogP contribution is 2.42. The van der Waals surface area contributed by atoms with Crippen LogP contribution in [0, 0.1) is 13.8 Å². The van der Waals surface area contributed by atoms with E-state index in [0.717, 1.165) is 5.56 Å². The summed E-state index contributed by atoms with van der Waals surface area (Å²) in [5.41, 5.74) is 5.33. The minimum Gasteiger partial charge on any atom is -0.269 e. The SMILES string of the molecule is Cc1ccc(CSc2ncc3c(n2)-c2ccc(Cl)cc2N(C)S3(=O)=O)cc1C. The first kappa shape index (κ1) is 19.2. The van der Waals surface area contributed by atoms with Gasteiger partial charge in [-0.3, -0.25) is 4.31 Å². The number of nitrogens with zero attached hydrogens (tertiary/aromatic N) is 3. The van der Waals surface area contributed by atoms with Crippen molar-refractivity contribution in [2.45, 2.75) is 29.7 Å². The monoisotopic (exact) mass is 431 g/mol. The van der Waals surface area contributed by atoms with Crippen molar-refractivity contribution in [3.63, 3.8) is 0 Å². The summed E-state index contributed by atoms with van der Waals surface area (Å²) in [5.74, 6) is 0.708. The number of benzene rings is 2. The molecule has 0 fully saturated rings. The van der Waals surface area contributed by atoms with Crippen LogP contribution < -0.4 is 4.31 Å². The van der Waals surface area contributed by atoms with Gasteiger partial charge in [0.05, 0.1) is 17.6 Å². The van der Waals surface area contributed by atoms with Crippen LogP contribution in [0.1, 0.15) is 16.7 Å². The van der Waals surface area contributed by atoms with Gasteiger partial charge < -0.3 is 0 Å². The predicted molar refractivity (Wildman–Crippen MR) is 114 cm³/mol. The molecule has 0 amide bonds. The Balaban J connectivity index is 1.72. The number of halogens is 1. The maximum Gasteiger partial charge on any atom is 0.267 e. The van der Waals surface area contributed by atoms with E-state index in [1.807, 2.05) is 0 Å². The molecule has 2 aromatic carbocycles. The molecule has 5 nitrogen and oxygen atoms in total. The first-order chi connectivity index (χ1) is 13.3. The summed E-state index contributed by atoms with van der Waals surface area (Å²) in [5, 5.41) is 1.01. The molecule has 1 aromatic heterocycles. The highest BCUT2D eigenvalue weighted by atomic mass is 35.5. The van der Waals surface area contributed by atoms with Crippen LogP contribution in [0.15, 0.2) is 52.6 Å². The van der Waals surface area contributed by atoms with E-state index < -0.39 is 10.0 Å². The van der Waals surface area contributed by atoms with Crippen LogP contribution in [0.25, 0.3) is 11.3 Å². The van der Waals surface area contributed by atoms with E-state index in [9.17, 15) is 8.42 Å². The van der Waals surface area contributed by atoms with Gasteiger partial charge >= 0.3 is 0 Å². The fourth-order valence-electron chi connectivity index (χ4n) is 3.09. The molecule has 0 bridgehead atoms. The van der Waals surface area contributed by atoms with Crippen molar-refractivity contribution in [3.8, 4) is 11.3 Å². The van der Waals surface area contributed by atoms with Crippen molar-refractivity contribution in [1.82, 2.24) is 9.97 Å². The zero-order valence-corrected chi connectivity index (χ0v) is 18.0. The zero-order chi connectivity index (χ0) is 20.1. The quantitative estimate of drug-likeness (QED) is 0.438. The maximum atomic E-state index is 12.8. The minimum absolute atomic E-state index is 0.111. The average Bonchev–Trinajstić information content (AvgIpc) is 2.67. The van der Waals surface area contributed by atoms with Crippen LogP contribution >= 0.6 is 23.4 Å². The van der Waals surface area contributed by atoms with E-state index in [1.54, 1.807) is 18.2 Å². The van der Waals surface area contributed by atoms with Gasteiger partial charge in [-0.25, -0.2) is 18.4 Å². The van der Waals surface area contributed by atoms with Gasteiger partial charge in [0, 0.05) is 23.4 Å². The van der Waals surface area contributed by atoms with Gasteiger partial charge in [0.15, 0.2) is 5.16 Å². The Morgan fingerprint density at radius 2 is 1.89 bits per heavy atom.